The number of ketones is 1. The molecule has 0 aliphatic carbocycles. The van der Waals surface area contributed by atoms with Gasteiger partial charge >= 0.3 is 0 Å². The Kier molecular flexibility index (Phi) is 6.22. The summed E-state index contributed by atoms with van der Waals surface area (Å²) in [7, 11) is 1.99. The van der Waals surface area contributed by atoms with Crippen molar-refractivity contribution in [3.05, 3.63) is 29.8 Å². The first-order valence-electron chi connectivity index (χ1n) is 6.09. The molecule has 1 rings (SSSR count). The minimum Gasteiger partial charge on any atom is -0.508 e. The van der Waals surface area contributed by atoms with Gasteiger partial charge in [-0.25, -0.2) is 0 Å². The number of benzene rings is 1. The van der Waals surface area contributed by atoms with Crippen molar-refractivity contribution in [1.29, 1.82) is 0 Å². The highest BCUT2D eigenvalue weighted by Crippen LogP contribution is 2.12. The monoisotopic (exact) mass is 267 g/mol. The number of nitrogens with zero attached hydrogens (tertiary/aromatic N) is 1. The average molecular weight is 267 g/mol. The molecule has 100 valence electrons. The molecule has 0 aliphatic rings. The van der Waals surface area contributed by atoms with Crippen molar-refractivity contribution < 1.29 is 9.90 Å². The van der Waals surface area contributed by atoms with Gasteiger partial charge in [0.05, 0.1) is 6.54 Å². The van der Waals surface area contributed by atoms with Crippen LogP contribution in [0, 0.1) is 0 Å². The number of carbonyl (C=O) groups is 1. The normalized spacial score (nSPS) is 12.7. The first-order chi connectivity index (χ1) is 8.58. The quantitative estimate of drug-likeness (QED) is 0.771. The predicted molar refractivity (Wildman–Crippen MR) is 77.5 cm³/mol. The molecule has 0 fully saturated rings. The van der Waals surface area contributed by atoms with Crippen LogP contribution in [-0.4, -0.2) is 47.4 Å². The van der Waals surface area contributed by atoms with Gasteiger partial charge in [0, 0.05) is 17.4 Å². The summed E-state index contributed by atoms with van der Waals surface area (Å²) >= 11 is 1.80. The maximum atomic E-state index is 12.1. The van der Waals surface area contributed by atoms with Crippen LogP contribution < -0.4 is 0 Å². The van der Waals surface area contributed by atoms with E-state index in [-0.39, 0.29) is 11.5 Å². The van der Waals surface area contributed by atoms with Gasteiger partial charge in [-0.3, -0.25) is 9.69 Å². The number of aromatic hydroxyl groups is 1. The van der Waals surface area contributed by atoms with Gasteiger partial charge in [0.1, 0.15) is 5.75 Å². The van der Waals surface area contributed by atoms with Crippen molar-refractivity contribution >= 4 is 17.5 Å². The molecule has 4 heteroatoms. The highest BCUT2D eigenvalue weighted by atomic mass is 32.2. The minimum absolute atomic E-state index is 0.0945. The molecule has 0 spiro atoms. The molecule has 1 aromatic rings. The van der Waals surface area contributed by atoms with Gasteiger partial charge in [-0.15, -0.1) is 0 Å². The molecule has 1 unspecified atom stereocenters. The summed E-state index contributed by atoms with van der Waals surface area (Å²) in [6.07, 6.45) is 3.12. The van der Waals surface area contributed by atoms with E-state index in [1.165, 1.54) is 0 Å². The maximum absolute atomic E-state index is 12.1. The number of thioether (sulfide) groups is 1. The second-order valence-electron chi connectivity index (χ2n) is 4.40. The number of likely N-dealkylation sites (N-methyl/N-ethyl adjacent to an activating group) is 1. The Labute approximate surface area is 113 Å². The Morgan fingerprint density at radius 1 is 1.39 bits per heavy atom. The van der Waals surface area contributed by atoms with Crippen LogP contribution in [0.2, 0.25) is 0 Å². The van der Waals surface area contributed by atoms with E-state index < -0.39 is 0 Å². The molecule has 0 aromatic heterocycles. The second-order valence-corrected chi connectivity index (χ2v) is 5.31. The molecule has 0 heterocycles. The van der Waals surface area contributed by atoms with Crippen molar-refractivity contribution in [3.8, 4) is 5.75 Å². The van der Waals surface area contributed by atoms with Crippen molar-refractivity contribution in [3.63, 3.8) is 0 Å². The van der Waals surface area contributed by atoms with Gasteiger partial charge in [-0.1, -0.05) is 6.92 Å². The Bertz CT molecular complexity index is 378. The van der Waals surface area contributed by atoms with Crippen LogP contribution in [0.15, 0.2) is 24.3 Å². The number of phenolic OH excluding ortho intramolecular Hbond substituents is 1. The third kappa shape index (κ3) is 4.35. The molecule has 1 N–H and O–H groups in total. The molecule has 0 radical (unpaired) electrons. The lowest BCUT2D eigenvalue weighted by Crippen LogP contribution is -2.37. The van der Waals surface area contributed by atoms with Crippen LogP contribution in [0.25, 0.3) is 0 Å². The molecular weight excluding hydrogens is 246 g/mol. The van der Waals surface area contributed by atoms with E-state index in [0.717, 1.165) is 12.2 Å². The zero-order chi connectivity index (χ0) is 13.5. The summed E-state index contributed by atoms with van der Waals surface area (Å²) in [5, 5.41) is 9.19. The van der Waals surface area contributed by atoms with Crippen LogP contribution in [-0.2, 0) is 0 Å². The SMILES string of the molecule is CCC(CSC)N(C)CC(=O)c1ccc(O)cc1. The standard InChI is InChI=1S/C14H21NO2S/c1-4-12(10-18-3)15(2)9-14(17)11-5-7-13(16)8-6-11/h5-8,12,16H,4,9-10H2,1-3H3. The molecule has 0 amide bonds. The molecule has 3 nitrogen and oxygen atoms in total. The van der Waals surface area contributed by atoms with Crippen molar-refractivity contribution in [1.82, 2.24) is 4.90 Å². The smallest absolute Gasteiger partial charge is 0.176 e. The molecule has 18 heavy (non-hydrogen) atoms. The maximum Gasteiger partial charge on any atom is 0.176 e. The van der Waals surface area contributed by atoms with E-state index in [4.69, 9.17) is 0 Å². The molecule has 1 aromatic carbocycles. The van der Waals surface area contributed by atoms with Gasteiger partial charge in [0.15, 0.2) is 5.78 Å². The van der Waals surface area contributed by atoms with Crippen LogP contribution in [0.5, 0.6) is 5.75 Å². The first-order valence-corrected chi connectivity index (χ1v) is 7.49. The van der Waals surface area contributed by atoms with E-state index >= 15 is 0 Å². The summed E-state index contributed by atoms with van der Waals surface area (Å²) in [5.41, 5.74) is 0.652. The summed E-state index contributed by atoms with van der Waals surface area (Å²) < 4.78 is 0. The predicted octanol–water partition coefficient (Wildman–Crippen LogP) is 2.65. The number of Topliss-reactive ketones (excluding diaryl/α,β-unsaturated/α-hetero) is 1. The number of phenols is 1. The Morgan fingerprint density at radius 3 is 2.50 bits per heavy atom. The fraction of sp³-hybridized carbons (Fsp3) is 0.500. The van der Waals surface area contributed by atoms with Gasteiger partial charge < -0.3 is 5.11 Å². The Morgan fingerprint density at radius 2 is 2.00 bits per heavy atom. The van der Waals surface area contributed by atoms with Crippen LogP contribution >= 0.6 is 11.8 Å². The van der Waals surface area contributed by atoms with E-state index in [9.17, 15) is 9.90 Å². The summed E-state index contributed by atoms with van der Waals surface area (Å²) in [6.45, 7) is 2.56. The van der Waals surface area contributed by atoms with Crippen molar-refractivity contribution in [2.75, 3.05) is 25.6 Å². The topological polar surface area (TPSA) is 40.5 Å². The van der Waals surface area contributed by atoms with E-state index in [1.54, 1.807) is 36.0 Å². The van der Waals surface area contributed by atoms with E-state index in [1.807, 2.05) is 7.05 Å². The minimum atomic E-state index is 0.0945. The van der Waals surface area contributed by atoms with Gasteiger partial charge in [-0.2, -0.15) is 11.8 Å². The zero-order valence-corrected chi connectivity index (χ0v) is 12.0. The molecule has 1 atom stereocenters. The molecular formula is C14H21NO2S. The Balaban J connectivity index is 2.60. The highest BCUT2D eigenvalue weighted by molar-refractivity contribution is 7.98. The fourth-order valence-corrected chi connectivity index (χ4v) is 2.72. The molecule has 0 saturated carbocycles. The lowest BCUT2D eigenvalue weighted by Gasteiger charge is -2.25. The van der Waals surface area contributed by atoms with Gasteiger partial charge in [0.25, 0.3) is 0 Å². The third-order valence-corrected chi connectivity index (χ3v) is 3.75. The zero-order valence-electron chi connectivity index (χ0n) is 11.2. The number of hydrogen-bond donors (Lipinski definition) is 1. The molecule has 0 saturated heterocycles. The number of hydrogen-bond acceptors (Lipinski definition) is 4. The third-order valence-electron chi connectivity index (χ3n) is 3.04. The van der Waals surface area contributed by atoms with E-state index in [2.05, 4.69) is 18.1 Å². The first kappa shape index (κ1) is 15.1. The summed E-state index contributed by atoms with van der Waals surface area (Å²) in [5.74, 6) is 1.32. The second kappa shape index (κ2) is 7.44. The fourth-order valence-electron chi connectivity index (χ4n) is 1.84. The van der Waals surface area contributed by atoms with Crippen LogP contribution in [0.4, 0.5) is 0 Å². The summed E-state index contributed by atoms with van der Waals surface area (Å²) in [6, 6.07) is 6.86. The molecule has 0 aliphatic heterocycles. The number of rotatable bonds is 7. The molecule has 0 bridgehead atoms. The summed E-state index contributed by atoms with van der Waals surface area (Å²) in [4.78, 5) is 14.2. The van der Waals surface area contributed by atoms with Crippen LogP contribution in [0.3, 0.4) is 0 Å². The lowest BCUT2D eigenvalue weighted by atomic mass is 10.1. The van der Waals surface area contributed by atoms with Gasteiger partial charge in [-0.05, 0) is 44.0 Å². The Hall–Kier alpha value is -1.00. The highest BCUT2D eigenvalue weighted by Gasteiger charge is 2.16. The average Bonchev–Trinajstić information content (AvgIpc) is 2.36. The van der Waals surface area contributed by atoms with Gasteiger partial charge in [0.2, 0.25) is 0 Å². The lowest BCUT2D eigenvalue weighted by molar-refractivity contribution is 0.0925. The van der Waals surface area contributed by atoms with Crippen LogP contribution in [0.1, 0.15) is 23.7 Å². The van der Waals surface area contributed by atoms with Crippen molar-refractivity contribution in [2.45, 2.75) is 19.4 Å². The largest absolute Gasteiger partial charge is 0.508 e. The number of carbonyl (C=O) groups excluding carboxylic acids is 1. The van der Waals surface area contributed by atoms with Crippen molar-refractivity contribution in [2.24, 2.45) is 0 Å². The van der Waals surface area contributed by atoms with E-state index in [0.29, 0.717) is 18.2 Å².